The van der Waals surface area contributed by atoms with Crippen molar-refractivity contribution in [1.29, 1.82) is 0 Å². The van der Waals surface area contributed by atoms with Gasteiger partial charge in [-0.05, 0) is 73.1 Å². The second-order valence-electron chi connectivity index (χ2n) is 7.16. The van der Waals surface area contributed by atoms with Crippen molar-refractivity contribution in [3.05, 3.63) is 47.2 Å². The molecule has 3 aliphatic rings. The average Bonchev–Trinajstić information content (AvgIpc) is 3.03. The first kappa shape index (κ1) is 18.3. The number of halogens is 3. The van der Waals surface area contributed by atoms with E-state index in [1.54, 1.807) is 6.08 Å². The number of rotatable bonds is 2. The van der Waals surface area contributed by atoms with Gasteiger partial charge in [-0.2, -0.15) is 13.2 Å². The molecule has 2 aliphatic carbocycles. The van der Waals surface area contributed by atoms with Crippen LogP contribution in [0.5, 0.6) is 0 Å². The molecule has 1 atom stereocenters. The molecule has 0 saturated heterocycles. The quantitative estimate of drug-likeness (QED) is 0.759. The monoisotopic (exact) mass is 397 g/mol. The second-order valence-corrected chi connectivity index (χ2v) is 9.10. The molecule has 1 unspecified atom stereocenters. The van der Waals surface area contributed by atoms with E-state index >= 15 is 0 Å². The third-order valence-electron chi connectivity index (χ3n) is 5.53. The molecule has 1 heterocycles. The number of hydrogen-bond donors (Lipinski definition) is 0. The zero-order valence-electron chi connectivity index (χ0n) is 14.4. The summed E-state index contributed by atoms with van der Waals surface area (Å²) in [7, 11) is -5.34. The Balaban J connectivity index is 1.66. The Morgan fingerprint density at radius 1 is 1.04 bits per heavy atom. The van der Waals surface area contributed by atoms with Crippen molar-refractivity contribution in [1.82, 2.24) is 0 Å². The van der Waals surface area contributed by atoms with E-state index in [2.05, 4.69) is 0 Å². The first-order valence-corrected chi connectivity index (χ1v) is 10.3. The molecule has 0 bridgehead atoms. The number of sulfone groups is 1. The van der Waals surface area contributed by atoms with Gasteiger partial charge < -0.3 is 4.90 Å². The zero-order valence-corrected chi connectivity index (χ0v) is 15.2. The van der Waals surface area contributed by atoms with Crippen molar-refractivity contribution in [3.63, 3.8) is 0 Å². The third-order valence-corrected chi connectivity index (χ3v) is 7.01. The minimum Gasteiger partial charge on any atom is -0.345 e. The molecule has 1 aromatic carbocycles. The van der Waals surface area contributed by atoms with Crippen molar-refractivity contribution in [3.8, 4) is 0 Å². The largest absolute Gasteiger partial charge is 0.501 e. The van der Waals surface area contributed by atoms with E-state index in [9.17, 15) is 26.4 Å². The van der Waals surface area contributed by atoms with Gasteiger partial charge in [0.1, 0.15) is 0 Å². The summed E-state index contributed by atoms with van der Waals surface area (Å²) in [4.78, 5) is 13.0. The van der Waals surface area contributed by atoms with Crippen LogP contribution in [0.3, 0.4) is 0 Å². The lowest BCUT2D eigenvalue weighted by molar-refractivity contribution is -0.115. The van der Waals surface area contributed by atoms with Gasteiger partial charge in [-0.15, -0.1) is 0 Å². The summed E-state index contributed by atoms with van der Waals surface area (Å²) in [5, 5.41) is 0. The molecule has 0 N–H and O–H groups in total. The molecule has 0 aromatic heterocycles. The van der Waals surface area contributed by atoms with E-state index in [1.165, 1.54) is 6.07 Å². The lowest BCUT2D eigenvalue weighted by atomic mass is 9.79. The van der Waals surface area contributed by atoms with Crippen LogP contribution >= 0.6 is 0 Å². The van der Waals surface area contributed by atoms with E-state index in [0.29, 0.717) is 30.9 Å². The summed E-state index contributed by atoms with van der Waals surface area (Å²) in [6.45, 7) is 0.586. The van der Waals surface area contributed by atoms with Gasteiger partial charge in [-0.3, -0.25) is 4.79 Å². The van der Waals surface area contributed by atoms with E-state index < -0.39 is 20.2 Å². The first-order valence-electron chi connectivity index (χ1n) is 8.83. The number of carbonyl (C=O) groups excluding carboxylic acids is 1. The number of nitrogens with zero attached hydrogens (tertiary/aromatic N) is 1. The summed E-state index contributed by atoms with van der Waals surface area (Å²) in [6, 6.07) is 3.61. The number of allylic oxidation sites excluding steroid dienone is 4. The standard InChI is InChI=1S/C19H18F3NO3S/c20-19(21,22)27(25,26)17-5-6-18-13(11-17)7-8-23(18)15-3-1-12-2-4-16(24)10-14(12)9-15/h5-6,9-12H,1-4,7-8H2. The van der Waals surface area contributed by atoms with E-state index in [-0.39, 0.29) is 5.78 Å². The van der Waals surface area contributed by atoms with Crippen LogP contribution in [-0.2, 0) is 21.1 Å². The highest BCUT2D eigenvalue weighted by molar-refractivity contribution is 7.92. The molecule has 8 heteroatoms. The summed E-state index contributed by atoms with van der Waals surface area (Å²) >= 11 is 0. The van der Waals surface area contributed by atoms with E-state index in [4.69, 9.17) is 0 Å². The normalized spacial score (nSPS) is 22.9. The molecule has 0 amide bonds. The number of benzene rings is 1. The molecule has 0 fully saturated rings. The van der Waals surface area contributed by atoms with Crippen molar-refractivity contribution >= 4 is 21.3 Å². The smallest absolute Gasteiger partial charge is 0.345 e. The number of anilines is 1. The molecule has 27 heavy (non-hydrogen) atoms. The highest BCUT2D eigenvalue weighted by atomic mass is 32.2. The molecule has 0 saturated carbocycles. The summed E-state index contributed by atoms with van der Waals surface area (Å²) < 4.78 is 61.6. The maximum Gasteiger partial charge on any atom is 0.501 e. The molecule has 1 aromatic rings. The SMILES string of the molecule is O=C1C=C2C=C(N3CCc4cc(S(=O)(=O)C(F)(F)F)ccc43)CCC2CC1. The van der Waals surface area contributed by atoms with Crippen LogP contribution in [0.25, 0.3) is 0 Å². The molecular weight excluding hydrogens is 379 g/mol. The molecular formula is C19H18F3NO3S. The van der Waals surface area contributed by atoms with E-state index in [0.717, 1.165) is 48.4 Å². The van der Waals surface area contributed by atoms with Crippen LogP contribution in [-0.4, -0.2) is 26.3 Å². The maximum absolute atomic E-state index is 12.8. The Morgan fingerprint density at radius 3 is 2.52 bits per heavy atom. The van der Waals surface area contributed by atoms with Crippen LogP contribution in [0, 0.1) is 5.92 Å². The lowest BCUT2D eigenvalue weighted by Crippen LogP contribution is -2.25. The fourth-order valence-corrected chi connectivity index (χ4v) is 4.92. The predicted molar refractivity (Wildman–Crippen MR) is 93.9 cm³/mol. The van der Waals surface area contributed by atoms with Crippen molar-refractivity contribution in [2.45, 2.75) is 42.5 Å². The second kappa shape index (κ2) is 6.22. The van der Waals surface area contributed by atoms with Gasteiger partial charge >= 0.3 is 5.51 Å². The van der Waals surface area contributed by atoms with Crippen LogP contribution < -0.4 is 4.90 Å². The van der Waals surface area contributed by atoms with Crippen LogP contribution in [0.1, 0.15) is 31.2 Å². The molecule has 1 aliphatic heterocycles. The molecule has 144 valence electrons. The summed E-state index contributed by atoms with van der Waals surface area (Å²) in [5.41, 5.74) is -1.92. The minimum absolute atomic E-state index is 0.127. The van der Waals surface area contributed by atoms with Crippen LogP contribution in [0.15, 0.2) is 46.5 Å². The van der Waals surface area contributed by atoms with Crippen LogP contribution in [0.2, 0.25) is 0 Å². The van der Waals surface area contributed by atoms with Crippen LogP contribution in [0.4, 0.5) is 18.9 Å². The van der Waals surface area contributed by atoms with Crippen molar-refractivity contribution < 1.29 is 26.4 Å². The molecule has 0 radical (unpaired) electrons. The number of alkyl halides is 3. The fourth-order valence-electron chi connectivity index (χ4n) is 4.11. The molecule has 4 nitrogen and oxygen atoms in total. The van der Waals surface area contributed by atoms with Crippen molar-refractivity contribution in [2.24, 2.45) is 5.92 Å². The van der Waals surface area contributed by atoms with Gasteiger partial charge in [0, 0.05) is 24.4 Å². The summed E-state index contributed by atoms with van der Waals surface area (Å²) in [6.07, 6.45) is 7.42. The average molecular weight is 397 g/mol. The number of hydrogen-bond acceptors (Lipinski definition) is 4. The van der Waals surface area contributed by atoms with Gasteiger partial charge in [0.25, 0.3) is 9.84 Å². The van der Waals surface area contributed by atoms with Crippen molar-refractivity contribution in [2.75, 3.05) is 11.4 Å². The lowest BCUT2D eigenvalue weighted by Gasteiger charge is -2.32. The Kier molecular flexibility index (Phi) is 4.21. The maximum atomic E-state index is 12.8. The summed E-state index contributed by atoms with van der Waals surface area (Å²) in [5.74, 6) is 0.524. The predicted octanol–water partition coefficient (Wildman–Crippen LogP) is 3.93. The minimum atomic E-state index is -5.34. The Labute approximate surface area is 155 Å². The van der Waals surface area contributed by atoms with Gasteiger partial charge in [0.2, 0.25) is 0 Å². The van der Waals surface area contributed by atoms with Gasteiger partial charge in [0.05, 0.1) is 4.90 Å². The van der Waals surface area contributed by atoms with E-state index in [1.807, 2.05) is 11.0 Å². The molecule has 4 rings (SSSR count). The topological polar surface area (TPSA) is 54.5 Å². The Hall–Kier alpha value is -2.09. The number of fused-ring (bicyclic) bond motifs is 2. The number of carbonyl (C=O) groups is 1. The van der Waals surface area contributed by atoms with Gasteiger partial charge in [-0.25, -0.2) is 8.42 Å². The Bertz CT molecular complexity index is 976. The zero-order chi connectivity index (χ0) is 19.4. The van der Waals surface area contributed by atoms with Gasteiger partial charge in [0.15, 0.2) is 5.78 Å². The Morgan fingerprint density at radius 2 is 1.78 bits per heavy atom. The third kappa shape index (κ3) is 3.09. The fraction of sp³-hybridized carbons (Fsp3) is 0.421. The highest BCUT2D eigenvalue weighted by Gasteiger charge is 2.47. The first-order chi connectivity index (χ1) is 12.7. The molecule has 0 spiro atoms. The van der Waals surface area contributed by atoms with Gasteiger partial charge in [-0.1, -0.05) is 0 Å². The number of ketones is 1. The highest BCUT2D eigenvalue weighted by Crippen LogP contribution is 2.41.